The normalized spacial score (nSPS) is 20.5. The average molecular weight is 473 g/mol. The molecule has 0 spiro atoms. The van der Waals surface area contributed by atoms with E-state index in [-0.39, 0.29) is 11.9 Å². The monoisotopic (exact) mass is 472 g/mol. The summed E-state index contributed by atoms with van der Waals surface area (Å²) >= 11 is 0. The molecule has 1 aromatic carbocycles. The van der Waals surface area contributed by atoms with Gasteiger partial charge in [-0.15, -0.1) is 5.10 Å². The number of rotatable bonds is 5. The van der Waals surface area contributed by atoms with Gasteiger partial charge in [0.25, 0.3) is 0 Å². The minimum absolute atomic E-state index is 0.102. The van der Waals surface area contributed by atoms with Gasteiger partial charge in [-0.3, -0.25) is 4.98 Å². The van der Waals surface area contributed by atoms with Crippen LogP contribution in [0.3, 0.4) is 0 Å². The minimum atomic E-state index is -0.206. The fraction of sp³-hybridized carbons (Fsp3) is 0.385. The number of imidazole rings is 1. The van der Waals surface area contributed by atoms with Gasteiger partial charge in [0.15, 0.2) is 5.65 Å². The third kappa shape index (κ3) is 4.10. The van der Waals surface area contributed by atoms with Crippen LogP contribution in [-0.4, -0.2) is 69.2 Å². The fourth-order valence-corrected chi connectivity index (χ4v) is 5.30. The largest absolute Gasteiger partial charge is 0.354 e. The lowest BCUT2D eigenvalue weighted by Crippen LogP contribution is -2.31. The summed E-state index contributed by atoms with van der Waals surface area (Å²) in [5.41, 5.74) is 3.29. The first-order valence-corrected chi connectivity index (χ1v) is 12.2. The molecule has 9 heteroatoms. The second kappa shape index (κ2) is 8.88. The van der Waals surface area contributed by atoms with Crippen molar-refractivity contribution in [2.75, 3.05) is 43.5 Å². The number of hydrogen-bond acceptors (Lipinski definition) is 7. The number of nitrogens with zero attached hydrogens (tertiary/aromatic N) is 8. The molecule has 2 aliphatic heterocycles. The Morgan fingerprint density at radius 1 is 1.00 bits per heavy atom. The van der Waals surface area contributed by atoms with Gasteiger partial charge in [0.05, 0.1) is 24.6 Å². The van der Waals surface area contributed by atoms with Crippen molar-refractivity contribution in [3.05, 3.63) is 66.4 Å². The maximum absolute atomic E-state index is 13.9. The van der Waals surface area contributed by atoms with Crippen LogP contribution in [0.15, 0.2) is 55.0 Å². The second-order valence-corrected chi connectivity index (χ2v) is 9.63. The molecule has 2 fully saturated rings. The summed E-state index contributed by atoms with van der Waals surface area (Å²) in [4.78, 5) is 20.8. The van der Waals surface area contributed by atoms with E-state index < -0.39 is 0 Å². The predicted molar refractivity (Wildman–Crippen MR) is 134 cm³/mol. The average Bonchev–Trinajstić information content (AvgIpc) is 3.63. The fourth-order valence-electron chi connectivity index (χ4n) is 5.30. The Balaban J connectivity index is 1.32. The van der Waals surface area contributed by atoms with Gasteiger partial charge in [-0.1, -0.05) is 12.1 Å². The quantitative estimate of drug-likeness (QED) is 0.438. The zero-order valence-electron chi connectivity index (χ0n) is 20.0. The summed E-state index contributed by atoms with van der Waals surface area (Å²) in [6.07, 6.45) is 8.53. The molecule has 0 aliphatic carbocycles. The maximum Gasteiger partial charge on any atom is 0.154 e. The molecule has 0 amide bonds. The molecule has 1 unspecified atom stereocenters. The smallest absolute Gasteiger partial charge is 0.154 e. The molecule has 8 nitrogen and oxygen atoms in total. The number of fused-ring (bicyclic) bond motifs is 1. The third-order valence-electron chi connectivity index (χ3n) is 7.23. The van der Waals surface area contributed by atoms with E-state index in [9.17, 15) is 4.39 Å². The topological polar surface area (TPSA) is 65.7 Å². The van der Waals surface area contributed by atoms with Crippen molar-refractivity contribution in [1.82, 2.24) is 29.5 Å². The highest BCUT2D eigenvalue weighted by Crippen LogP contribution is 2.35. The molecule has 0 N–H and O–H groups in total. The Morgan fingerprint density at radius 3 is 2.74 bits per heavy atom. The van der Waals surface area contributed by atoms with Gasteiger partial charge < -0.3 is 14.7 Å². The SMILES string of the molecule is CN(C)[C@H]1CCN(c2cncc(-c3cnc4ccc(N5CCCC5c5cccc(F)c5)nn34)n2)C1. The van der Waals surface area contributed by atoms with E-state index >= 15 is 0 Å². The highest BCUT2D eigenvalue weighted by Gasteiger charge is 2.28. The van der Waals surface area contributed by atoms with E-state index in [4.69, 9.17) is 10.1 Å². The van der Waals surface area contributed by atoms with Crippen LogP contribution in [0, 0.1) is 5.82 Å². The summed E-state index contributed by atoms with van der Waals surface area (Å²) in [6, 6.07) is 11.5. The van der Waals surface area contributed by atoms with Crippen LogP contribution < -0.4 is 9.80 Å². The van der Waals surface area contributed by atoms with Crippen molar-refractivity contribution < 1.29 is 4.39 Å². The van der Waals surface area contributed by atoms with Crippen LogP contribution in [0.25, 0.3) is 17.0 Å². The Bertz CT molecular complexity index is 1350. The molecule has 0 radical (unpaired) electrons. The lowest BCUT2D eigenvalue weighted by atomic mass is 10.0. The summed E-state index contributed by atoms with van der Waals surface area (Å²) in [5, 5.41) is 4.95. The maximum atomic E-state index is 13.9. The molecule has 6 rings (SSSR count). The van der Waals surface area contributed by atoms with Gasteiger partial charge in [-0.2, -0.15) is 0 Å². The first-order valence-electron chi connectivity index (χ1n) is 12.2. The van der Waals surface area contributed by atoms with Crippen LogP contribution >= 0.6 is 0 Å². The molecule has 180 valence electrons. The zero-order chi connectivity index (χ0) is 23.9. The van der Waals surface area contributed by atoms with E-state index in [1.807, 2.05) is 28.9 Å². The molecular formula is C26H29FN8. The number of hydrogen-bond donors (Lipinski definition) is 0. The molecule has 0 bridgehead atoms. The number of halogens is 1. The van der Waals surface area contributed by atoms with E-state index in [0.29, 0.717) is 6.04 Å². The Morgan fingerprint density at radius 2 is 1.91 bits per heavy atom. The number of anilines is 2. The summed E-state index contributed by atoms with van der Waals surface area (Å²) < 4.78 is 15.7. The van der Waals surface area contributed by atoms with Crippen molar-refractivity contribution >= 4 is 17.3 Å². The number of likely N-dealkylation sites (N-methyl/N-ethyl adjacent to an activating group) is 1. The van der Waals surface area contributed by atoms with Crippen LogP contribution in [0.5, 0.6) is 0 Å². The van der Waals surface area contributed by atoms with Gasteiger partial charge in [0.2, 0.25) is 0 Å². The Labute approximate surface area is 204 Å². The molecule has 2 atom stereocenters. The summed E-state index contributed by atoms with van der Waals surface area (Å²) in [7, 11) is 4.24. The standard InChI is InChI=1S/C26H29FN8/c1-32(2)20-10-12-33(17-20)26-16-28-14-21(30-26)23-15-29-24-8-9-25(31-35(23)24)34-11-4-7-22(34)18-5-3-6-19(27)13-18/h3,5-6,8-9,13-16,20,22H,4,7,10-12,17H2,1-2H3/t20-,22?/m0/s1. The molecule has 35 heavy (non-hydrogen) atoms. The molecule has 0 saturated carbocycles. The van der Waals surface area contributed by atoms with E-state index in [0.717, 1.165) is 73.1 Å². The molecular weight excluding hydrogens is 443 g/mol. The molecule has 3 aromatic heterocycles. The highest BCUT2D eigenvalue weighted by atomic mass is 19.1. The van der Waals surface area contributed by atoms with E-state index in [2.05, 4.69) is 38.8 Å². The first kappa shape index (κ1) is 21.9. The molecule has 5 heterocycles. The molecule has 2 saturated heterocycles. The Kier molecular flexibility index (Phi) is 5.56. The van der Waals surface area contributed by atoms with Crippen molar-refractivity contribution in [3.63, 3.8) is 0 Å². The second-order valence-electron chi connectivity index (χ2n) is 9.63. The molecule has 2 aliphatic rings. The minimum Gasteiger partial charge on any atom is -0.354 e. The van der Waals surface area contributed by atoms with Crippen LogP contribution in [-0.2, 0) is 0 Å². The van der Waals surface area contributed by atoms with Gasteiger partial charge >= 0.3 is 0 Å². The molecule has 4 aromatic rings. The van der Waals surface area contributed by atoms with Crippen LogP contribution in [0.4, 0.5) is 16.0 Å². The van der Waals surface area contributed by atoms with E-state index in [1.165, 1.54) is 6.07 Å². The third-order valence-corrected chi connectivity index (χ3v) is 7.23. The summed E-state index contributed by atoms with van der Waals surface area (Å²) in [5.74, 6) is 1.52. The highest BCUT2D eigenvalue weighted by molar-refractivity contribution is 5.61. The Hall–Kier alpha value is -3.59. The van der Waals surface area contributed by atoms with Crippen LogP contribution in [0.2, 0.25) is 0 Å². The number of benzene rings is 1. The van der Waals surface area contributed by atoms with Gasteiger partial charge in [-0.25, -0.2) is 18.9 Å². The van der Waals surface area contributed by atoms with Gasteiger partial charge in [-0.05, 0) is 63.2 Å². The number of aromatic nitrogens is 5. The first-order chi connectivity index (χ1) is 17.1. The lowest BCUT2D eigenvalue weighted by molar-refractivity contribution is 0.315. The van der Waals surface area contributed by atoms with Gasteiger partial charge in [0, 0.05) is 25.7 Å². The summed E-state index contributed by atoms with van der Waals surface area (Å²) in [6.45, 7) is 2.78. The zero-order valence-corrected chi connectivity index (χ0v) is 20.0. The lowest BCUT2D eigenvalue weighted by Gasteiger charge is -2.26. The predicted octanol–water partition coefficient (Wildman–Crippen LogP) is 3.81. The van der Waals surface area contributed by atoms with Crippen molar-refractivity contribution in [1.29, 1.82) is 0 Å². The van der Waals surface area contributed by atoms with Crippen molar-refractivity contribution in [2.24, 2.45) is 0 Å². The van der Waals surface area contributed by atoms with Crippen molar-refractivity contribution in [3.8, 4) is 11.4 Å². The van der Waals surface area contributed by atoms with Crippen LogP contribution in [0.1, 0.15) is 30.9 Å². The van der Waals surface area contributed by atoms with Gasteiger partial charge in [0.1, 0.15) is 28.8 Å². The van der Waals surface area contributed by atoms with E-state index in [1.54, 1.807) is 24.5 Å². The van der Waals surface area contributed by atoms with Crippen molar-refractivity contribution in [2.45, 2.75) is 31.3 Å².